The van der Waals surface area contributed by atoms with Gasteiger partial charge in [0.15, 0.2) is 5.82 Å². The highest BCUT2D eigenvalue weighted by atomic mass is 16.5. The van der Waals surface area contributed by atoms with Crippen molar-refractivity contribution in [3.63, 3.8) is 0 Å². The molecule has 2 heterocycles. The van der Waals surface area contributed by atoms with Crippen molar-refractivity contribution in [3.05, 3.63) is 71.9 Å². The van der Waals surface area contributed by atoms with Crippen molar-refractivity contribution < 1.29 is 9.47 Å². The van der Waals surface area contributed by atoms with Crippen LogP contribution in [0, 0.1) is 6.92 Å². The van der Waals surface area contributed by atoms with Crippen LogP contribution in [0.5, 0.6) is 5.75 Å². The van der Waals surface area contributed by atoms with Crippen molar-refractivity contribution in [1.29, 1.82) is 0 Å². The molecule has 4 rings (SSSR count). The number of aromatic nitrogens is 2. The standard InChI is InChI=1S/C25H30N4O2/c1-20-18-27-25(28-24(20)26-12-5-13-29-14-16-30-17-15-29)22-8-10-23(11-9-22)31-19-21-6-3-2-4-7-21/h2-4,6-11,18H,5,12-17,19H2,1H3,(H,26,27,28). The average Bonchev–Trinajstić information content (AvgIpc) is 2.83. The molecule has 0 bridgehead atoms. The Kier molecular flexibility index (Phi) is 7.47. The van der Waals surface area contributed by atoms with Crippen LogP contribution in [0.3, 0.4) is 0 Å². The largest absolute Gasteiger partial charge is 0.489 e. The van der Waals surface area contributed by atoms with Crippen LogP contribution in [0.1, 0.15) is 17.5 Å². The lowest BCUT2D eigenvalue weighted by molar-refractivity contribution is 0.0378. The molecule has 0 atom stereocenters. The zero-order valence-corrected chi connectivity index (χ0v) is 18.1. The van der Waals surface area contributed by atoms with E-state index in [0.717, 1.165) is 79.9 Å². The Balaban J connectivity index is 1.31. The first kappa shape index (κ1) is 21.3. The van der Waals surface area contributed by atoms with Crippen molar-refractivity contribution in [2.45, 2.75) is 20.0 Å². The normalized spacial score (nSPS) is 14.4. The van der Waals surface area contributed by atoms with Gasteiger partial charge in [-0.15, -0.1) is 0 Å². The molecule has 0 unspecified atom stereocenters. The van der Waals surface area contributed by atoms with Gasteiger partial charge in [0.05, 0.1) is 13.2 Å². The Labute approximate surface area is 184 Å². The van der Waals surface area contributed by atoms with Gasteiger partial charge in [0.1, 0.15) is 18.2 Å². The summed E-state index contributed by atoms with van der Waals surface area (Å²) < 4.78 is 11.3. The summed E-state index contributed by atoms with van der Waals surface area (Å²) in [5.41, 5.74) is 3.18. The van der Waals surface area contributed by atoms with Crippen LogP contribution in [0.4, 0.5) is 5.82 Å². The number of nitrogens with one attached hydrogen (secondary N) is 1. The van der Waals surface area contributed by atoms with Gasteiger partial charge in [0.25, 0.3) is 0 Å². The lowest BCUT2D eigenvalue weighted by Crippen LogP contribution is -2.37. The van der Waals surface area contributed by atoms with Gasteiger partial charge in [-0.3, -0.25) is 4.90 Å². The van der Waals surface area contributed by atoms with Gasteiger partial charge < -0.3 is 14.8 Å². The van der Waals surface area contributed by atoms with Crippen molar-refractivity contribution in [1.82, 2.24) is 14.9 Å². The Hall–Kier alpha value is -2.96. The molecule has 0 saturated carbocycles. The number of ether oxygens (including phenoxy) is 2. The molecule has 0 amide bonds. The highest BCUT2D eigenvalue weighted by Crippen LogP contribution is 2.22. The van der Waals surface area contributed by atoms with Crippen molar-refractivity contribution in [3.8, 4) is 17.1 Å². The van der Waals surface area contributed by atoms with E-state index in [0.29, 0.717) is 6.61 Å². The van der Waals surface area contributed by atoms with Crippen LogP contribution in [0.2, 0.25) is 0 Å². The highest BCUT2D eigenvalue weighted by Gasteiger charge is 2.10. The molecule has 1 aliphatic heterocycles. The first-order valence-corrected chi connectivity index (χ1v) is 10.9. The molecular weight excluding hydrogens is 388 g/mol. The molecule has 1 saturated heterocycles. The van der Waals surface area contributed by atoms with Gasteiger partial charge in [-0.1, -0.05) is 30.3 Å². The lowest BCUT2D eigenvalue weighted by Gasteiger charge is -2.26. The number of hydrogen-bond acceptors (Lipinski definition) is 6. The van der Waals surface area contributed by atoms with E-state index >= 15 is 0 Å². The number of nitrogens with zero attached hydrogens (tertiary/aromatic N) is 3. The van der Waals surface area contributed by atoms with E-state index in [1.165, 1.54) is 0 Å². The number of morpholine rings is 1. The third-order valence-corrected chi connectivity index (χ3v) is 5.38. The zero-order chi connectivity index (χ0) is 21.3. The molecule has 31 heavy (non-hydrogen) atoms. The predicted molar refractivity (Wildman–Crippen MR) is 123 cm³/mol. The van der Waals surface area contributed by atoms with E-state index in [1.807, 2.05) is 55.6 Å². The minimum Gasteiger partial charge on any atom is -0.489 e. The number of hydrogen-bond donors (Lipinski definition) is 1. The number of anilines is 1. The molecule has 1 fully saturated rings. The van der Waals surface area contributed by atoms with Gasteiger partial charge >= 0.3 is 0 Å². The van der Waals surface area contributed by atoms with Crippen LogP contribution in [0.25, 0.3) is 11.4 Å². The molecule has 0 spiro atoms. The maximum absolute atomic E-state index is 5.88. The average molecular weight is 419 g/mol. The Morgan fingerprint density at radius 1 is 1.03 bits per heavy atom. The summed E-state index contributed by atoms with van der Waals surface area (Å²) in [6, 6.07) is 18.1. The van der Waals surface area contributed by atoms with Gasteiger partial charge in [-0.25, -0.2) is 9.97 Å². The predicted octanol–water partition coefficient (Wildman–Crippen LogP) is 4.17. The molecule has 1 aliphatic rings. The third-order valence-electron chi connectivity index (χ3n) is 5.38. The number of benzene rings is 2. The van der Waals surface area contributed by atoms with Gasteiger partial charge in [0.2, 0.25) is 0 Å². The Morgan fingerprint density at radius 3 is 2.58 bits per heavy atom. The van der Waals surface area contributed by atoms with Gasteiger partial charge in [-0.05, 0) is 49.7 Å². The van der Waals surface area contributed by atoms with Gasteiger partial charge in [0, 0.05) is 37.0 Å². The van der Waals surface area contributed by atoms with Crippen LogP contribution in [-0.2, 0) is 11.3 Å². The third kappa shape index (κ3) is 6.26. The van der Waals surface area contributed by atoms with E-state index in [4.69, 9.17) is 14.5 Å². The van der Waals surface area contributed by atoms with E-state index in [9.17, 15) is 0 Å². The molecule has 162 valence electrons. The fraction of sp³-hybridized carbons (Fsp3) is 0.360. The summed E-state index contributed by atoms with van der Waals surface area (Å²) in [6.07, 6.45) is 2.96. The smallest absolute Gasteiger partial charge is 0.161 e. The van der Waals surface area contributed by atoms with Gasteiger partial charge in [-0.2, -0.15) is 0 Å². The van der Waals surface area contributed by atoms with E-state index in [-0.39, 0.29) is 0 Å². The first-order chi connectivity index (χ1) is 15.3. The summed E-state index contributed by atoms with van der Waals surface area (Å²) in [4.78, 5) is 11.7. The summed E-state index contributed by atoms with van der Waals surface area (Å²) in [5.74, 6) is 2.45. The maximum atomic E-state index is 5.88. The minimum atomic E-state index is 0.555. The van der Waals surface area contributed by atoms with Crippen LogP contribution in [0.15, 0.2) is 60.8 Å². The Bertz CT molecular complexity index is 941. The minimum absolute atomic E-state index is 0.555. The topological polar surface area (TPSA) is 59.5 Å². The molecular formula is C25H30N4O2. The number of rotatable bonds is 9. The van der Waals surface area contributed by atoms with Crippen LogP contribution < -0.4 is 10.1 Å². The molecule has 6 heteroatoms. The zero-order valence-electron chi connectivity index (χ0n) is 18.1. The van der Waals surface area contributed by atoms with E-state index in [2.05, 4.69) is 27.3 Å². The monoisotopic (exact) mass is 418 g/mol. The second-order valence-electron chi connectivity index (χ2n) is 7.76. The fourth-order valence-electron chi connectivity index (χ4n) is 3.54. The van der Waals surface area contributed by atoms with E-state index < -0.39 is 0 Å². The summed E-state index contributed by atoms with van der Waals surface area (Å²) >= 11 is 0. The van der Waals surface area contributed by atoms with Crippen molar-refractivity contribution in [2.24, 2.45) is 0 Å². The van der Waals surface area contributed by atoms with Crippen molar-refractivity contribution >= 4 is 5.82 Å². The lowest BCUT2D eigenvalue weighted by atomic mass is 10.2. The SMILES string of the molecule is Cc1cnc(-c2ccc(OCc3ccccc3)cc2)nc1NCCCN1CCOCC1. The van der Waals surface area contributed by atoms with E-state index in [1.54, 1.807) is 0 Å². The highest BCUT2D eigenvalue weighted by molar-refractivity contribution is 5.59. The molecule has 2 aromatic carbocycles. The second kappa shape index (κ2) is 10.9. The summed E-state index contributed by atoms with van der Waals surface area (Å²) in [6.45, 7) is 8.31. The quantitative estimate of drug-likeness (QED) is 0.527. The molecule has 0 radical (unpaired) electrons. The van der Waals surface area contributed by atoms with Crippen LogP contribution in [-0.4, -0.2) is 54.3 Å². The first-order valence-electron chi connectivity index (χ1n) is 10.9. The second-order valence-corrected chi connectivity index (χ2v) is 7.76. The maximum Gasteiger partial charge on any atom is 0.161 e. The summed E-state index contributed by atoms with van der Waals surface area (Å²) in [5, 5.41) is 3.48. The molecule has 1 N–H and O–H groups in total. The number of aryl methyl sites for hydroxylation is 1. The van der Waals surface area contributed by atoms with Crippen LogP contribution >= 0.6 is 0 Å². The fourth-order valence-corrected chi connectivity index (χ4v) is 3.54. The van der Waals surface area contributed by atoms with Crippen molar-refractivity contribution in [2.75, 3.05) is 44.7 Å². The summed E-state index contributed by atoms with van der Waals surface area (Å²) in [7, 11) is 0. The molecule has 3 aromatic rings. The molecule has 6 nitrogen and oxygen atoms in total. The Morgan fingerprint density at radius 2 is 1.81 bits per heavy atom. The molecule has 0 aliphatic carbocycles. The molecule has 1 aromatic heterocycles.